The van der Waals surface area contributed by atoms with Gasteiger partial charge in [-0.05, 0) is 25.0 Å². The summed E-state index contributed by atoms with van der Waals surface area (Å²) in [6.07, 6.45) is 2.38. The molecule has 0 amide bonds. The van der Waals surface area contributed by atoms with Crippen LogP contribution in [0, 0.1) is 0 Å². The van der Waals surface area contributed by atoms with Gasteiger partial charge in [0.1, 0.15) is 0 Å². The van der Waals surface area contributed by atoms with E-state index in [2.05, 4.69) is 25.2 Å². The lowest BCUT2D eigenvalue weighted by molar-refractivity contribution is 0.885. The second-order valence-corrected chi connectivity index (χ2v) is 5.17. The summed E-state index contributed by atoms with van der Waals surface area (Å²) in [5.41, 5.74) is 0.900. The van der Waals surface area contributed by atoms with E-state index in [4.69, 9.17) is 11.6 Å². The van der Waals surface area contributed by atoms with Crippen molar-refractivity contribution in [2.75, 3.05) is 30.4 Å². The van der Waals surface area contributed by atoms with Crippen LogP contribution in [0.3, 0.4) is 0 Å². The largest absolute Gasteiger partial charge is 0.357 e. The van der Waals surface area contributed by atoms with Crippen molar-refractivity contribution in [2.24, 2.45) is 0 Å². The van der Waals surface area contributed by atoms with Gasteiger partial charge in [-0.3, -0.25) is 0 Å². The van der Waals surface area contributed by atoms with Crippen LogP contribution in [0.4, 0.5) is 11.9 Å². The molecule has 6 heteroatoms. The highest BCUT2D eigenvalue weighted by Crippen LogP contribution is 2.23. The van der Waals surface area contributed by atoms with Gasteiger partial charge in [0.05, 0.1) is 0 Å². The molecular formula is C14H16ClN5. The standard InChI is InChI=1S/C14H16ClN5/c1-16-13-17-12(10-5-4-6-11(15)9-10)18-14(19-13)20-7-2-3-8-20/h4-6,9H,2-3,7-8H2,1H3,(H,16,17,18,19). The van der Waals surface area contributed by atoms with Crippen molar-refractivity contribution in [2.45, 2.75) is 12.8 Å². The Morgan fingerprint density at radius 2 is 1.95 bits per heavy atom. The van der Waals surface area contributed by atoms with Crippen molar-refractivity contribution >= 4 is 23.5 Å². The Morgan fingerprint density at radius 1 is 1.15 bits per heavy atom. The molecule has 3 rings (SSSR count). The first-order chi connectivity index (χ1) is 9.76. The minimum absolute atomic E-state index is 0.580. The average molecular weight is 290 g/mol. The third kappa shape index (κ3) is 2.67. The molecule has 0 radical (unpaired) electrons. The SMILES string of the molecule is CNc1nc(-c2cccc(Cl)c2)nc(N2CCCC2)n1. The second-order valence-electron chi connectivity index (χ2n) is 4.74. The number of nitrogens with zero attached hydrogens (tertiary/aromatic N) is 4. The molecule has 0 saturated carbocycles. The van der Waals surface area contributed by atoms with Crippen LogP contribution in [-0.4, -0.2) is 35.1 Å². The fourth-order valence-electron chi connectivity index (χ4n) is 2.29. The van der Waals surface area contributed by atoms with Crippen LogP contribution >= 0.6 is 11.6 Å². The Kier molecular flexibility index (Phi) is 3.69. The van der Waals surface area contributed by atoms with Crippen LogP contribution in [-0.2, 0) is 0 Å². The Hall–Kier alpha value is -1.88. The summed E-state index contributed by atoms with van der Waals surface area (Å²) in [5, 5.41) is 3.67. The summed E-state index contributed by atoms with van der Waals surface area (Å²) in [5.74, 6) is 1.96. The Bertz CT molecular complexity index is 610. The maximum absolute atomic E-state index is 6.04. The van der Waals surface area contributed by atoms with E-state index in [9.17, 15) is 0 Å². The molecule has 0 spiro atoms. The molecule has 0 aliphatic carbocycles. The average Bonchev–Trinajstić information content (AvgIpc) is 3.01. The number of halogens is 1. The molecule has 1 aromatic carbocycles. The maximum atomic E-state index is 6.04. The van der Waals surface area contributed by atoms with Gasteiger partial charge in [0.2, 0.25) is 11.9 Å². The predicted molar refractivity (Wildman–Crippen MR) is 81.3 cm³/mol. The van der Waals surface area contributed by atoms with Crippen LogP contribution in [0.1, 0.15) is 12.8 Å². The summed E-state index contributed by atoms with van der Waals surface area (Å²) >= 11 is 6.04. The number of benzene rings is 1. The highest BCUT2D eigenvalue weighted by Gasteiger charge is 2.17. The lowest BCUT2D eigenvalue weighted by Gasteiger charge is -2.16. The summed E-state index contributed by atoms with van der Waals surface area (Å²) in [7, 11) is 1.81. The van der Waals surface area contributed by atoms with Crippen molar-refractivity contribution in [1.29, 1.82) is 0 Å². The Labute approximate surface area is 123 Å². The van der Waals surface area contributed by atoms with Gasteiger partial charge in [0, 0.05) is 30.7 Å². The predicted octanol–water partition coefficient (Wildman–Crippen LogP) is 2.83. The second kappa shape index (κ2) is 5.63. The van der Waals surface area contributed by atoms with Gasteiger partial charge in [-0.2, -0.15) is 15.0 Å². The quantitative estimate of drug-likeness (QED) is 0.941. The van der Waals surface area contributed by atoms with Gasteiger partial charge in [-0.25, -0.2) is 0 Å². The molecule has 2 heterocycles. The first kappa shape index (κ1) is 13.1. The third-order valence-corrected chi connectivity index (χ3v) is 3.55. The van der Waals surface area contributed by atoms with E-state index in [0.29, 0.717) is 16.8 Å². The molecule has 1 saturated heterocycles. The van der Waals surface area contributed by atoms with E-state index in [1.807, 2.05) is 31.3 Å². The molecule has 1 aliphatic rings. The molecule has 104 valence electrons. The third-order valence-electron chi connectivity index (χ3n) is 3.32. The summed E-state index contributed by atoms with van der Waals surface area (Å²) in [4.78, 5) is 15.6. The summed E-state index contributed by atoms with van der Waals surface area (Å²) < 4.78 is 0. The molecule has 1 N–H and O–H groups in total. The number of anilines is 2. The maximum Gasteiger partial charge on any atom is 0.230 e. The van der Waals surface area contributed by atoms with Crippen LogP contribution in [0.15, 0.2) is 24.3 Å². The normalized spacial score (nSPS) is 14.6. The highest BCUT2D eigenvalue weighted by atomic mass is 35.5. The number of nitrogens with one attached hydrogen (secondary N) is 1. The van der Waals surface area contributed by atoms with Gasteiger partial charge < -0.3 is 10.2 Å². The summed E-state index contributed by atoms with van der Waals surface area (Å²) in [6, 6.07) is 7.56. The number of hydrogen-bond donors (Lipinski definition) is 1. The van der Waals surface area contributed by atoms with E-state index >= 15 is 0 Å². The van der Waals surface area contributed by atoms with E-state index in [1.165, 1.54) is 12.8 Å². The molecule has 0 atom stereocenters. The molecule has 0 unspecified atom stereocenters. The zero-order chi connectivity index (χ0) is 13.9. The van der Waals surface area contributed by atoms with E-state index in [-0.39, 0.29) is 0 Å². The fourth-order valence-corrected chi connectivity index (χ4v) is 2.48. The first-order valence-corrected chi connectivity index (χ1v) is 7.09. The minimum atomic E-state index is 0.580. The van der Waals surface area contributed by atoms with E-state index < -0.39 is 0 Å². The van der Waals surface area contributed by atoms with E-state index in [0.717, 1.165) is 24.6 Å². The minimum Gasteiger partial charge on any atom is -0.357 e. The molecule has 1 aliphatic heterocycles. The number of rotatable bonds is 3. The number of hydrogen-bond acceptors (Lipinski definition) is 5. The van der Waals surface area contributed by atoms with Gasteiger partial charge in [0.15, 0.2) is 5.82 Å². The van der Waals surface area contributed by atoms with Crippen LogP contribution in [0.25, 0.3) is 11.4 Å². The molecule has 5 nitrogen and oxygen atoms in total. The Balaban J connectivity index is 2.03. The first-order valence-electron chi connectivity index (χ1n) is 6.71. The van der Waals surface area contributed by atoms with Gasteiger partial charge in [-0.1, -0.05) is 23.7 Å². The lowest BCUT2D eigenvalue weighted by Crippen LogP contribution is -2.21. The lowest BCUT2D eigenvalue weighted by atomic mass is 10.2. The van der Waals surface area contributed by atoms with Gasteiger partial charge in [0.25, 0.3) is 0 Å². The zero-order valence-corrected chi connectivity index (χ0v) is 12.1. The van der Waals surface area contributed by atoms with Crippen molar-refractivity contribution in [1.82, 2.24) is 15.0 Å². The monoisotopic (exact) mass is 289 g/mol. The molecule has 20 heavy (non-hydrogen) atoms. The number of aromatic nitrogens is 3. The molecule has 1 aromatic heterocycles. The van der Waals surface area contributed by atoms with Crippen molar-refractivity contribution in [3.05, 3.63) is 29.3 Å². The van der Waals surface area contributed by atoms with Crippen LogP contribution in [0.5, 0.6) is 0 Å². The topological polar surface area (TPSA) is 53.9 Å². The van der Waals surface area contributed by atoms with Crippen LogP contribution < -0.4 is 10.2 Å². The van der Waals surface area contributed by atoms with Crippen molar-refractivity contribution in [3.63, 3.8) is 0 Å². The van der Waals surface area contributed by atoms with Crippen molar-refractivity contribution < 1.29 is 0 Å². The molecule has 0 bridgehead atoms. The molecular weight excluding hydrogens is 274 g/mol. The molecule has 2 aromatic rings. The van der Waals surface area contributed by atoms with Gasteiger partial charge in [-0.15, -0.1) is 0 Å². The van der Waals surface area contributed by atoms with Crippen LogP contribution in [0.2, 0.25) is 5.02 Å². The van der Waals surface area contributed by atoms with Gasteiger partial charge >= 0.3 is 0 Å². The Morgan fingerprint density at radius 3 is 2.65 bits per heavy atom. The zero-order valence-electron chi connectivity index (χ0n) is 11.3. The highest BCUT2D eigenvalue weighted by molar-refractivity contribution is 6.30. The van der Waals surface area contributed by atoms with E-state index in [1.54, 1.807) is 0 Å². The molecule has 1 fully saturated rings. The smallest absolute Gasteiger partial charge is 0.230 e. The summed E-state index contributed by atoms with van der Waals surface area (Å²) in [6.45, 7) is 2.00. The fraction of sp³-hybridized carbons (Fsp3) is 0.357. The van der Waals surface area contributed by atoms with Crippen molar-refractivity contribution in [3.8, 4) is 11.4 Å².